The average Bonchev–Trinajstić information content (AvgIpc) is 2.99. The Balaban J connectivity index is 2.19. The molecule has 0 aliphatic heterocycles. The van der Waals surface area contributed by atoms with E-state index in [1.165, 1.54) is 23.1 Å². The van der Waals surface area contributed by atoms with Gasteiger partial charge < -0.3 is 15.0 Å². The molecule has 2 heterocycles. The number of aromatic nitrogens is 3. The lowest BCUT2D eigenvalue weighted by Crippen LogP contribution is -2.35. The summed E-state index contributed by atoms with van der Waals surface area (Å²) in [4.78, 5) is 35.9. The number of aromatic amines is 1. The molecule has 1 atom stereocenters. The van der Waals surface area contributed by atoms with E-state index in [1.807, 2.05) is 39.3 Å². The Labute approximate surface area is 174 Å². The molecular weight excluding hydrogens is 452 g/mol. The second-order valence-corrected chi connectivity index (χ2v) is 9.51. The van der Waals surface area contributed by atoms with Gasteiger partial charge in [-0.3, -0.25) is 4.79 Å². The number of hydrogen-bond acceptors (Lipinski definition) is 7. The lowest BCUT2D eigenvalue weighted by Gasteiger charge is -2.23. The van der Waals surface area contributed by atoms with E-state index in [9.17, 15) is 9.59 Å². The molecule has 27 heavy (non-hydrogen) atoms. The molecule has 0 fully saturated rings. The van der Waals surface area contributed by atoms with Crippen molar-refractivity contribution in [2.24, 2.45) is 0 Å². The van der Waals surface area contributed by atoms with Crippen molar-refractivity contribution in [2.75, 3.05) is 6.26 Å². The first-order chi connectivity index (χ1) is 12.6. The second-order valence-electron chi connectivity index (χ2n) is 6.86. The van der Waals surface area contributed by atoms with Crippen LogP contribution < -0.4 is 10.9 Å². The fourth-order valence-corrected chi connectivity index (χ4v) is 3.76. The fraction of sp³-hybridized carbons (Fsp3) is 0.529. The summed E-state index contributed by atoms with van der Waals surface area (Å²) in [6.07, 6.45) is 2.38. The summed E-state index contributed by atoms with van der Waals surface area (Å²) < 4.78 is 5.78. The minimum Gasteiger partial charge on any atom is -0.444 e. The van der Waals surface area contributed by atoms with Crippen LogP contribution in [0.4, 0.5) is 4.79 Å². The average molecular weight is 475 g/mol. The standard InChI is InChI=1S/C17H23BrN4O3S2/c1-9-19-12(8-27-9)10(21-16(24)25-17(2,3)4)6-7-11-13(18)14(23)22-15(20-11)26-5/h8,10H,6-7H2,1-5H3,(H,21,24)(H,20,22,23)/t10-/m0/s1. The Morgan fingerprint density at radius 2 is 2.15 bits per heavy atom. The predicted molar refractivity (Wildman–Crippen MR) is 112 cm³/mol. The van der Waals surface area contributed by atoms with Crippen molar-refractivity contribution in [2.45, 2.75) is 57.3 Å². The SMILES string of the molecule is CSc1nc(CC[C@H](NC(=O)OC(C)(C)C)c2csc(C)n2)c(Br)c(=O)[nH]1. The number of nitrogens with zero attached hydrogens (tertiary/aromatic N) is 2. The molecular formula is C17H23BrN4O3S2. The highest BCUT2D eigenvalue weighted by Crippen LogP contribution is 2.24. The van der Waals surface area contributed by atoms with E-state index >= 15 is 0 Å². The van der Waals surface area contributed by atoms with Crippen molar-refractivity contribution in [3.05, 3.63) is 36.6 Å². The van der Waals surface area contributed by atoms with E-state index in [1.54, 1.807) is 0 Å². The van der Waals surface area contributed by atoms with E-state index in [0.29, 0.717) is 28.2 Å². The predicted octanol–water partition coefficient (Wildman–Crippen LogP) is 4.22. The van der Waals surface area contributed by atoms with Crippen LogP contribution in [0.2, 0.25) is 0 Å². The van der Waals surface area contributed by atoms with Crippen molar-refractivity contribution >= 4 is 45.1 Å². The fourth-order valence-electron chi connectivity index (χ4n) is 2.31. The number of carbonyl (C=O) groups excluding carboxylic acids is 1. The minimum absolute atomic E-state index is 0.217. The van der Waals surface area contributed by atoms with E-state index in [0.717, 1.165) is 10.7 Å². The largest absolute Gasteiger partial charge is 0.444 e. The Hall–Kier alpha value is -1.39. The monoisotopic (exact) mass is 474 g/mol. The molecule has 0 aliphatic carbocycles. The van der Waals surface area contributed by atoms with E-state index in [-0.39, 0.29) is 11.6 Å². The van der Waals surface area contributed by atoms with Gasteiger partial charge in [0.2, 0.25) is 0 Å². The number of thioether (sulfide) groups is 1. The van der Waals surface area contributed by atoms with Crippen LogP contribution in [0, 0.1) is 6.92 Å². The number of hydrogen-bond donors (Lipinski definition) is 2. The van der Waals surface area contributed by atoms with E-state index < -0.39 is 11.7 Å². The third-order valence-electron chi connectivity index (χ3n) is 3.46. The summed E-state index contributed by atoms with van der Waals surface area (Å²) in [5.41, 5.74) is 0.614. The lowest BCUT2D eigenvalue weighted by molar-refractivity contribution is 0.0500. The topological polar surface area (TPSA) is 97.0 Å². The normalized spacial score (nSPS) is 12.7. The number of thiazole rings is 1. The van der Waals surface area contributed by atoms with Gasteiger partial charge in [-0.2, -0.15) is 0 Å². The number of halogens is 1. The summed E-state index contributed by atoms with van der Waals surface area (Å²) in [7, 11) is 0. The Bertz CT molecular complexity index is 861. The van der Waals surface area contributed by atoms with Gasteiger partial charge in [0.15, 0.2) is 5.16 Å². The molecule has 0 aliphatic rings. The highest BCUT2D eigenvalue weighted by atomic mass is 79.9. The number of rotatable bonds is 6. The Morgan fingerprint density at radius 3 is 2.70 bits per heavy atom. The van der Waals surface area contributed by atoms with Crippen LogP contribution >= 0.6 is 39.0 Å². The molecule has 148 valence electrons. The van der Waals surface area contributed by atoms with E-state index in [2.05, 4.69) is 36.2 Å². The molecule has 2 aromatic heterocycles. The Morgan fingerprint density at radius 1 is 1.44 bits per heavy atom. The number of nitrogens with one attached hydrogen (secondary N) is 2. The molecule has 0 saturated carbocycles. The maximum atomic E-state index is 12.2. The first-order valence-electron chi connectivity index (χ1n) is 8.33. The first kappa shape index (κ1) is 21.9. The van der Waals surface area contributed by atoms with Crippen LogP contribution in [0.3, 0.4) is 0 Å². The van der Waals surface area contributed by atoms with Crippen molar-refractivity contribution in [3.63, 3.8) is 0 Å². The van der Waals surface area contributed by atoms with Crippen LogP contribution in [-0.4, -0.2) is 32.9 Å². The number of ether oxygens (including phenoxy) is 1. The number of H-pyrrole nitrogens is 1. The van der Waals surface area contributed by atoms with Crippen molar-refractivity contribution in [1.82, 2.24) is 20.3 Å². The molecule has 0 bridgehead atoms. The summed E-state index contributed by atoms with van der Waals surface area (Å²) in [5, 5.41) is 6.28. The number of aryl methyl sites for hydroxylation is 2. The Kier molecular flexibility index (Phi) is 7.47. The molecule has 2 aromatic rings. The summed E-state index contributed by atoms with van der Waals surface area (Å²) in [6.45, 7) is 7.36. The molecule has 0 spiro atoms. The zero-order valence-electron chi connectivity index (χ0n) is 15.9. The van der Waals surface area contributed by atoms with E-state index in [4.69, 9.17) is 4.74 Å². The van der Waals surface area contributed by atoms with Gasteiger partial charge in [-0.1, -0.05) is 11.8 Å². The lowest BCUT2D eigenvalue weighted by atomic mass is 10.1. The molecule has 0 radical (unpaired) electrons. The van der Waals surface area contributed by atoms with Crippen LogP contribution in [0.25, 0.3) is 0 Å². The summed E-state index contributed by atoms with van der Waals surface area (Å²) in [5.74, 6) is 0. The second kappa shape index (κ2) is 9.20. The van der Waals surface area contributed by atoms with Gasteiger partial charge in [0.25, 0.3) is 5.56 Å². The number of amides is 1. The molecule has 0 unspecified atom stereocenters. The van der Waals surface area contributed by atoms with Gasteiger partial charge in [-0.05, 0) is 62.7 Å². The van der Waals surface area contributed by atoms with Gasteiger partial charge in [0, 0.05) is 5.38 Å². The van der Waals surface area contributed by atoms with Crippen LogP contribution in [0.15, 0.2) is 19.8 Å². The highest BCUT2D eigenvalue weighted by Gasteiger charge is 2.23. The first-order valence-corrected chi connectivity index (χ1v) is 11.2. The van der Waals surface area contributed by atoms with Crippen LogP contribution in [0.5, 0.6) is 0 Å². The van der Waals surface area contributed by atoms with Crippen molar-refractivity contribution < 1.29 is 9.53 Å². The third-order valence-corrected chi connectivity index (χ3v) is 5.65. The number of carbonyl (C=O) groups is 1. The van der Waals surface area contributed by atoms with Gasteiger partial charge in [0.1, 0.15) is 10.1 Å². The van der Waals surface area contributed by atoms with Crippen LogP contribution in [-0.2, 0) is 11.2 Å². The molecule has 0 aromatic carbocycles. The minimum atomic E-state index is -0.586. The highest BCUT2D eigenvalue weighted by molar-refractivity contribution is 9.10. The van der Waals surface area contributed by atoms with Gasteiger partial charge in [0.05, 0.1) is 22.4 Å². The molecule has 2 rings (SSSR count). The van der Waals surface area contributed by atoms with Gasteiger partial charge in [-0.15, -0.1) is 11.3 Å². The van der Waals surface area contributed by atoms with Crippen LogP contribution in [0.1, 0.15) is 49.6 Å². The summed E-state index contributed by atoms with van der Waals surface area (Å²) in [6, 6.07) is -0.337. The quantitative estimate of drug-likeness (QED) is 0.480. The molecule has 1 amide bonds. The maximum absolute atomic E-state index is 12.2. The molecule has 10 heteroatoms. The summed E-state index contributed by atoms with van der Waals surface area (Å²) >= 11 is 6.19. The smallest absolute Gasteiger partial charge is 0.408 e. The zero-order valence-corrected chi connectivity index (χ0v) is 19.1. The van der Waals surface area contributed by atoms with Crippen molar-refractivity contribution in [3.8, 4) is 0 Å². The molecule has 2 N–H and O–H groups in total. The molecule has 0 saturated heterocycles. The zero-order chi connectivity index (χ0) is 20.2. The molecule has 7 nitrogen and oxygen atoms in total. The third kappa shape index (κ3) is 6.62. The van der Waals surface area contributed by atoms with Crippen molar-refractivity contribution in [1.29, 1.82) is 0 Å². The van der Waals surface area contributed by atoms with Gasteiger partial charge >= 0.3 is 6.09 Å². The maximum Gasteiger partial charge on any atom is 0.408 e. The van der Waals surface area contributed by atoms with Gasteiger partial charge in [-0.25, -0.2) is 14.8 Å². The number of alkyl carbamates (subject to hydrolysis) is 1.